The second kappa shape index (κ2) is 7.36. The molecular weight excluding hydrogens is 360 g/mol. The second-order valence-corrected chi connectivity index (χ2v) is 8.32. The lowest BCUT2D eigenvalue weighted by Gasteiger charge is -2.20. The average Bonchev–Trinajstić information content (AvgIpc) is 3.27. The van der Waals surface area contributed by atoms with Crippen LogP contribution in [-0.4, -0.2) is 51.8 Å². The fraction of sp³-hybridized carbons (Fsp3) is 0.474. The number of fused-ring (bicyclic) bond motifs is 1. The molecule has 1 fully saturated rings. The quantitative estimate of drug-likeness (QED) is 0.699. The molecule has 0 radical (unpaired) electrons. The molecule has 0 amide bonds. The highest BCUT2D eigenvalue weighted by Crippen LogP contribution is 2.37. The van der Waals surface area contributed by atoms with Gasteiger partial charge in [0.1, 0.15) is 16.3 Å². The van der Waals surface area contributed by atoms with E-state index in [9.17, 15) is 5.11 Å². The van der Waals surface area contributed by atoms with E-state index >= 15 is 0 Å². The van der Waals surface area contributed by atoms with Crippen LogP contribution in [0.25, 0.3) is 20.8 Å². The third-order valence-corrected chi connectivity index (χ3v) is 6.08. The van der Waals surface area contributed by atoms with Crippen molar-refractivity contribution in [2.75, 3.05) is 30.9 Å². The summed E-state index contributed by atoms with van der Waals surface area (Å²) in [5.74, 6) is 1.87. The maximum Gasteiger partial charge on any atom is 0.227 e. The number of thiazole rings is 1. The van der Waals surface area contributed by atoms with Gasteiger partial charge in [-0.15, -0.1) is 11.3 Å². The van der Waals surface area contributed by atoms with Crippen molar-refractivity contribution in [2.24, 2.45) is 5.92 Å². The Morgan fingerprint density at radius 1 is 1.26 bits per heavy atom. The van der Waals surface area contributed by atoms with Gasteiger partial charge in [-0.1, -0.05) is 0 Å². The number of anilines is 2. The molecule has 1 aliphatic carbocycles. The zero-order valence-corrected chi connectivity index (χ0v) is 16.6. The van der Waals surface area contributed by atoms with Crippen LogP contribution in [-0.2, 0) is 0 Å². The smallest absolute Gasteiger partial charge is 0.227 e. The minimum Gasteiger partial charge on any atom is -0.396 e. The van der Waals surface area contributed by atoms with E-state index < -0.39 is 0 Å². The molecule has 0 saturated heterocycles. The van der Waals surface area contributed by atoms with Crippen LogP contribution in [0, 0.1) is 12.8 Å². The van der Waals surface area contributed by atoms with Gasteiger partial charge in [0.2, 0.25) is 5.95 Å². The molecule has 2 N–H and O–H groups in total. The van der Waals surface area contributed by atoms with Crippen molar-refractivity contribution < 1.29 is 5.11 Å². The lowest BCUT2D eigenvalue weighted by molar-refractivity contribution is 0.229. The van der Waals surface area contributed by atoms with Gasteiger partial charge in [-0.25, -0.2) is 9.97 Å². The summed E-state index contributed by atoms with van der Waals surface area (Å²) < 4.78 is 1.10. The number of nitrogens with zero attached hydrogens (tertiary/aromatic N) is 5. The summed E-state index contributed by atoms with van der Waals surface area (Å²) in [4.78, 5) is 20.3. The molecule has 2 atom stereocenters. The number of nitrogens with one attached hydrogen (secondary N) is 1. The monoisotopic (exact) mass is 384 g/mol. The molecule has 1 saturated carbocycles. The maximum atomic E-state index is 9.45. The molecule has 3 heterocycles. The van der Waals surface area contributed by atoms with Crippen LogP contribution < -0.4 is 10.2 Å². The molecule has 0 aliphatic heterocycles. The van der Waals surface area contributed by atoms with Gasteiger partial charge in [0.15, 0.2) is 0 Å². The number of aliphatic hydroxyl groups excluding tert-OH is 1. The largest absolute Gasteiger partial charge is 0.396 e. The molecular formula is C19H24N6OS. The molecule has 142 valence electrons. The van der Waals surface area contributed by atoms with Crippen LogP contribution in [0.3, 0.4) is 0 Å². The lowest BCUT2D eigenvalue weighted by Crippen LogP contribution is -2.21. The number of aromatic nitrogens is 4. The van der Waals surface area contributed by atoms with Gasteiger partial charge in [0.05, 0.1) is 22.2 Å². The Labute approximate surface area is 162 Å². The standard InChI is InChI=1S/C19H24N6OS/c1-11-16(18-23-14-9-20-7-6-15(14)27-18)17(24-19(21-11)25(2)3)22-13-5-4-12(8-13)10-26/h6-7,9,12-13,26H,4-5,8,10H2,1-3H3,(H,21,22,24)/t12-,13+/m1/s1. The molecule has 0 aromatic carbocycles. The summed E-state index contributed by atoms with van der Waals surface area (Å²) in [5.41, 5.74) is 2.75. The van der Waals surface area contributed by atoms with E-state index in [0.717, 1.165) is 51.6 Å². The highest BCUT2D eigenvalue weighted by molar-refractivity contribution is 7.21. The van der Waals surface area contributed by atoms with E-state index in [0.29, 0.717) is 17.9 Å². The first-order valence-electron chi connectivity index (χ1n) is 9.19. The van der Waals surface area contributed by atoms with Gasteiger partial charge in [-0.2, -0.15) is 4.98 Å². The van der Waals surface area contributed by atoms with Crippen molar-refractivity contribution in [1.29, 1.82) is 0 Å². The number of pyridine rings is 1. The van der Waals surface area contributed by atoms with Gasteiger partial charge < -0.3 is 15.3 Å². The first-order chi connectivity index (χ1) is 13.0. The lowest BCUT2D eigenvalue weighted by atomic mass is 10.1. The van der Waals surface area contributed by atoms with Crippen molar-refractivity contribution in [3.05, 3.63) is 24.2 Å². The molecule has 27 heavy (non-hydrogen) atoms. The van der Waals surface area contributed by atoms with Crippen molar-refractivity contribution in [1.82, 2.24) is 19.9 Å². The second-order valence-electron chi connectivity index (χ2n) is 7.29. The molecule has 3 aromatic heterocycles. The van der Waals surface area contributed by atoms with Crippen LogP contribution in [0.1, 0.15) is 25.0 Å². The summed E-state index contributed by atoms with van der Waals surface area (Å²) in [7, 11) is 3.89. The molecule has 3 aromatic rings. The first-order valence-corrected chi connectivity index (χ1v) is 10.0. The molecule has 7 nitrogen and oxygen atoms in total. The third-order valence-electron chi connectivity index (χ3n) is 5.02. The predicted molar refractivity (Wildman–Crippen MR) is 109 cm³/mol. The van der Waals surface area contributed by atoms with Crippen molar-refractivity contribution >= 4 is 33.3 Å². The van der Waals surface area contributed by atoms with E-state index in [4.69, 9.17) is 9.97 Å². The van der Waals surface area contributed by atoms with Crippen LogP contribution in [0.5, 0.6) is 0 Å². The summed E-state index contributed by atoms with van der Waals surface area (Å²) in [6.45, 7) is 2.26. The van der Waals surface area contributed by atoms with E-state index in [1.807, 2.05) is 32.0 Å². The van der Waals surface area contributed by atoms with Crippen LogP contribution in [0.15, 0.2) is 18.5 Å². The Balaban J connectivity index is 1.77. The molecule has 0 bridgehead atoms. The highest BCUT2D eigenvalue weighted by Gasteiger charge is 2.26. The van der Waals surface area contributed by atoms with E-state index in [1.165, 1.54) is 0 Å². The van der Waals surface area contributed by atoms with Crippen molar-refractivity contribution in [2.45, 2.75) is 32.2 Å². The van der Waals surface area contributed by atoms with Gasteiger partial charge in [0.25, 0.3) is 0 Å². The Bertz CT molecular complexity index is 924. The van der Waals surface area contributed by atoms with Gasteiger partial charge in [-0.3, -0.25) is 4.98 Å². The number of rotatable bonds is 5. The maximum absolute atomic E-state index is 9.45. The topological polar surface area (TPSA) is 87.1 Å². The Kier molecular flexibility index (Phi) is 4.92. The van der Waals surface area contributed by atoms with Gasteiger partial charge >= 0.3 is 0 Å². The number of aryl methyl sites for hydroxylation is 1. The summed E-state index contributed by atoms with van der Waals surface area (Å²) >= 11 is 1.63. The van der Waals surface area contributed by atoms with Crippen LogP contribution >= 0.6 is 11.3 Å². The van der Waals surface area contributed by atoms with E-state index in [2.05, 4.69) is 15.3 Å². The molecule has 4 rings (SSSR count). The van der Waals surface area contributed by atoms with Crippen molar-refractivity contribution in [3.63, 3.8) is 0 Å². The fourth-order valence-electron chi connectivity index (χ4n) is 3.57. The third kappa shape index (κ3) is 3.59. The number of hydrogen-bond acceptors (Lipinski definition) is 8. The van der Waals surface area contributed by atoms with E-state index in [-0.39, 0.29) is 6.61 Å². The summed E-state index contributed by atoms with van der Waals surface area (Å²) in [6.07, 6.45) is 6.61. The Hall–Kier alpha value is -2.32. The summed E-state index contributed by atoms with van der Waals surface area (Å²) in [5, 5.41) is 14.0. The molecule has 8 heteroatoms. The molecule has 1 aliphatic rings. The molecule has 0 spiro atoms. The van der Waals surface area contributed by atoms with Gasteiger partial charge in [-0.05, 0) is 38.2 Å². The summed E-state index contributed by atoms with van der Waals surface area (Å²) in [6, 6.07) is 2.29. The minimum atomic E-state index is 0.252. The number of aliphatic hydroxyl groups is 1. The first kappa shape index (κ1) is 18.1. The zero-order chi connectivity index (χ0) is 19.0. The minimum absolute atomic E-state index is 0.252. The highest BCUT2D eigenvalue weighted by atomic mass is 32.1. The van der Waals surface area contributed by atoms with Crippen LogP contribution in [0.2, 0.25) is 0 Å². The van der Waals surface area contributed by atoms with Gasteiger partial charge in [0, 0.05) is 32.9 Å². The fourth-order valence-corrected chi connectivity index (χ4v) is 4.60. The Morgan fingerprint density at radius 2 is 2.11 bits per heavy atom. The normalized spacial score (nSPS) is 19.6. The van der Waals surface area contributed by atoms with E-state index in [1.54, 1.807) is 23.7 Å². The number of hydrogen-bond donors (Lipinski definition) is 2. The predicted octanol–water partition coefficient (Wildman–Crippen LogP) is 3.10. The Morgan fingerprint density at radius 3 is 2.81 bits per heavy atom. The zero-order valence-electron chi connectivity index (χ0n) is 15.8. The SMILES string of the molecule is Cc1nc(N(C)C)nc(N[C@H]2CC[C@@H](CO)C2)c1-c1nc2cnccc2s1. The average molecular weight is 385 g/mol. The van der Waals surface area contributed by atoms with Crippen LogP contribution in [0.4, 0.5) is 11.8 Å². The van der Waals surface area contributed by atoms with Crippen molar-refractivity contribution in [3.8, 4) is 10.6 Å². The molecule has 0 unspecified atom stereocenters.